The number of rotatable bonds is 5. The number of hydrogen-bond acceptors (Lipinski definition) is 6. The van der Waals surface area contributed by atoms with Crippen LogP contribution in [0.5, 0.6) is 0 Å². The fourth-order valence-electron chi connectivity index (χ4n) is 2.68. The number of hydrogen-bond donors (Lipinski definition) is 1. The fraction of sp³-hybridized carbons (Fsp3) is 0.500. The van der Waals surface area contributed by atoms with Gasteiger partial charge in [0.15, 0.2) is 5.82 Å². The molecule has 6 nitrogen and oxygen atoms in total. The number of carboxylic acids is 1. The Labute approximate surface area is 126 Å². The normalized spacial score (nSPS) is 18.6. The summed E-state index contributed by atoms with van der Waals surface area (Å²) in [4.78, 5) is 19.0. The van der Waals surface area contributed by atoms with Crippen molar-refractivity contribution < 1.29 is 14.4 Å². The van der Waals surface area contributed by atoms with Gasteiger partial charge in [0.25, 0.3) is 0 Å². The van der Waals surface area contributed by atoms with Crippen molar-refractivity contribution in [3.63, 3.8) is 0 Å². The van der Waals surface area contributed by atoms with Gasteiger partial charge in [-0.3, -0.25) is 9.69 Å². The standard InChI is InChI=1S/C14H17N3O3S/c1-2-3-12-15-11(16-20-12)8-17-6-4-10-9(5-7-21-10)13(17)14(18)19/h5,7,13H,2-4,6,8H2,1H3,(H,18,19). The Morgan fingerprint density at radius 3 is 3.24 bits per heavy atom. The molecule has 0 saturated heterocycles. The van der Waals surface area contributed by atoms with E-state index in [2.05, 4.69) is 10.1 Å². The highest BCUT2D eigenvalue weighted by molar-refractivity contribution is 7.10. The zero-order valence-electron chi connectivity index (χ0n) is 11.8. The van der Waals surface area contributed by atoms with Crippen molar-refractivity contribution in [2.24, 2.45) is 0 Å². The van der Waals surface area contributed by atoms with Gasteiger partial charge in [0.05, 0.1) is 6.54 Å². The van der Waals surface area contributed by atoms with Crippen molar-refractivity contribution in [1.82, 2.24) is 15.0 Å². The second kappa shape index (κ2) is 5.95. The van der Waals surface area contributed by atoms with E-state index in [-0.39, 0.29) is 0 Å². The second-order valence-corrected chi connectivity index (χ2v) is 6.12. The first kappa shape index (κ1) is 14.2. The van der Waals surface area contributed by atoms with E-state index in [0.717, 1.165) is 24.8 Å². The molecule has 3 heterocycles. The van der Waals surface area contributed by atoms with Gasteiger partial charge in [0.2, 0.25) is 5.89 Å². The molecule has 1 aliphatic rings. The average Bonchev–Trinajstić information content (AvgIpc) is 3.07. The molecular formula is C14H17N3O3S. The first-order valence-corrected chi connectivity index (χ1v) is 7.91. The van der Waals surface area contributed by atoms with Crippen LogP contribution in [0, 0.1) is 0 Å². The lowest BCUT2D eigenvalue weighted by molar-refractivity contribution is -0.144. The summed E-state index contributed by atoms with van der Waals surface area (Å²) in [6.45, 7) is 3.15. The van der Waals surface area contributed by atoms with Crippen molar-refractivity contribution in [3.8, 4) is 0 Å². The Hall–Kier alpha value is -1.73. The minimum atomic E-state index is -0.827. The molecular weight excluding hydrogens is 290 g/mol. The predicted octanol–water partition coefficient (Wildman–Crippen LogP) is 2.27. The molecule has 0 radical (unpaired) electrons. The maximum absolute atomic E-state index is 11.6. The van der Waals surface area contributed by atoms with Crippen molar-refractivity contribution >= 4 is 17.3 Å². The van der Waals surface area contributed by atoms with Gasteiger partial charge in [-0.1, -0.05) is 12.1 Å². The lowest BCUT2D eigenvalue weighted by Gasteiger charge is -2.31. The summed E-state index contributed by atoms with van der Waals surface area (Å²) in [6.07, 6.45) is 2.57. The van der Waals surface area contributed by atoms with Crippen LogP contribution >= 0.6 is 11.3 Å². The molecule has 21 heavy (non-hydrogen) atoms. The van der Waals surface area contributed by atoms with Gasteiger partial charge in [-0.2, -0.15) is 4.98 Å². The van der Waals surface area contributed by atoms with Crippen LogP contribution in [0.1, 0.15) is 41.5 Å². The van der Waals surface area contributed by atoms with Crippen LogP contribution in [-0.2, 0) is 24.2 Å². The Bertz CT molecular complexity index is 637. The molecule has 0 aromatic carbocycles. The number of aromatic nitrogens is 2. The van der Waals surface area contributed by atoms with Gasteiger partial charge in [-0.15, -0.1) is 11.3 Å². The molecule has 0 spiro atoms. The first-order valence-electron chi connectivity index (χ1n) is 7.03. The third kappa shape index (κ3) is 2.84. The Morgan fingerprint density at radius 2 is 2.48 bits per heavy atom. The first-order chi connectivity index (χ1) is 10.2. The minimum Gasteiger partial charge on any atom is -0.480 e. The SMILES string of the molecule is CCCc1nc(CN2CCc3sccc3C2C(=O)O)no1. The number of aryl methyl sites for hydroxylation is 1. The Kier molecular flexibility index (Phi) is 4.03. The monoisotopic (exact) mass is 307 g/mol. The second-order valence-electron chi connectivity index (χ2n) is 5.11. The summed E-state index contributed by atoms with van der Waals surface area (Å²) >= 11 is 1.63. The number of aliphatic carboxylic acids is 1. The molecule has 112 valence electrons. The van der Waals surface area contributed by atoms with Gasteiger partial charge >= 0.3 is 5.97 Å². The number of thiophene rings is 1. The van der Waals surface area contributed by atoms with Crippen molar-refractivity contribution in [1.29, 1.82) is 0 Å². The highest BCUT2D eigenvalue weighted by atomic mass is 32.1. The lowest BCUT2D eigenvalue weighted by Crippen LogP contribution is -2.38. The summed E-state index contributed by atoms with van der Waals surface area (Å²) < 4.78 is 5.16. The van der Waals surface area contributed by atoms with E-state index >= 15 is 0 Å². The number of nitrogens with zero attached hydrogens (tertiary/aromatic N) is 3. The average molecular weight is 307 g/mol. The fourth-order valence-corrected chi connectivity index (χ4v) is 3.58. The van der Waals surface area contributed by atoms with E-state index in [4.69, 9.17) is 4.52 Å². The zero-order valence-corrected chi connectivity index (χ0v) is 12.6. The number of carboxylic acid groups (broad SMARTS) is 1. The highest BCUT2D eigenvalue weighted by Crippen LogP contribution is 2.34. The lowest BCUT2D eigenvalue weighted by atomic mass is 10.00. The van der Waals surface area contributed by atoms with Gasteiger partial charge in [-0.05, 0) is 29.9 Å². The molecule has 0 bridgehead atoms. The molecule has 0 aliphatic carbocycles. The molecule has 7 heteroatoms. The predicted molar refractivity (Wildman–Crippen MR) is 77.1 cm³/mol. The smallest absolute Gasteiger partial charge is 0.325 e. The molecule has 2 aromatic rings. The summed E-state index contributed by atoms with van der Waals surface area (Å²) in [7, 11) is 0. The van der Waals surface area contributed by atoms with Crippen LogP contribution in [0.2, 0.25) is 0 Å². The quantitative estimate of drug-likeness (QED) is 0.913. The van der Waals surface area contributed by atoms with E-state index in [1.807, 2.05) is 23.3 Å². The van der Waals surface area contributed by atoms with E-state index in [1.165, 1.54) is 4.88 Å². The van der Waals surface area contributed by atoms with Crippen molar-refractivity contribution in [3.05, 3.63) is 33.6 Å². The number of carbonyl (C=O) groups is 1. The van der Waals surface area contributed by atoms with E-state index in [0.29, 0.717) is 24.8 Å². The van der Waals surface area contributed by atoms with Crippen LogP contribution in [0.15, 0.2) is 16.0 Å². The van der Waals surface area contributed by atoms with Crippen LogP contribution in [-0.4, -0.2) is 32.7 Å². The third-order valence-electron chi connectivity index (χ3n) is 3.62. The minimum absolute atomic E-state index is 0.402. The number of fused-ring (bicyclic) bond motifs is 1. The van der Waals surface area contributed by atoms with E-state index in [1.54, 1.807) is 11.3 Å². The molecule has 0 saturated carbocycles. The van der Waals surface area contributed by atoms with Gasteiger partial charge in [0.1, 0.15) is 6.04 Å². The molecule has 3 rings (SSSR count). The summed E-state index contributed by atoms with van der Waals surface area (Å²) in [5, 5.41) is 15.4. The zero-order chi connectivity index (χ0) is 14.8. The van der Waals surface area contributed by atoms with E-state index < -0.39 is 12.0 Å². The van der Waals surface area contributed by atoms with Gasteiger partial charge in [-0.25, -0.2) is 0 Å². The topological polar surface area (TPSA) is 79.5 Å². The third-order valence-corrected chi connectivity index (χ3v) is 4.61. The van der Waals surface area contributed by atoms with Crippen LogP contribution in [0.25, 0.3) is 0 Å². The van der Waals surface area contributed by atoms with Crippen LogP contribution in [0.4, 0.5) is 0 Å². The maximum Gasteiger partial charge on any atom is 0.325 e. The molecule has 0 fully saturated rings. The van der Waals surface area contributed by atoms with E-state index in [9.17, 15) is 9.90 Å². The van der Waals surface area contributed by atoms with Crippen LogP contribution in [0.3, 0.4) is 0 Å². The molecule has 2 aromatic heterocycles. The molecule has 0 amide bonds. The van der Waals surface area contributed by atoms with Crippen molar-refractivity contribution in [2.45, 2.75) is 38.8 Å². The molecule has 1 aliphatic heterocycles. The summed E-state index contributed by atoms with van der Waals surface area (Å²) in [6, 6.07) is 1.29. The van der Waals surface area contributed by atoms with Gasteiger partial charge in [0, 0.05) is 17.8 Å². The highest BCUT2D eigenvalue weighted by Gasteiger charge is 2.34. The maximum atomic E-state index is 11.6. The summed E-state index contributed by atoms with van der Waals surface area (Å²) in [5.74, 6) is 0.350. The summed E-state index contributed by atoms with van der Waals surface area (Å²) in [5.41, 5.74) is 0.899. The molecule has 1 atom stereocenters. The Morgan fingerprint density at radius 1 is 1.62 bits per heavy atom. The van der Waals surface area contributed by atoms with Gasteiger partial charge < -0.3 is 9.63 Å². The molecule has 1 unspecified atom stereocenters. The Balaban J connectivity index is 1.79. The van der Waals surface area contributed by atoms with Crippen LogP contribution < -0.4 is 0 Å². The largest absolute Gasteiger partial charge is 0.480 e. The molecule has 1 N–H and O–H groups in total. The van der Waals surface area contributed by atoms with Crippen molar-refractivity contribution in [2.75, 3.05) is 6.54 Å².